The lowest BCUT2D eigenvalue weighted by molar-refractivity contribution is -0.138. The van der Waals surface area contributed by atoms with Crippen LogP contribution in [0.25, 0.3) is 10.9 Å². The molecule has 1 amide bonds. The lowest BCUT2D eigenvalue weighted by Gasteiger charge is -2.27. The highest BCUT2D eigenvalue weighted by atomic mass is 32.2. The van der Waals surface area contributed by atoms with E-state index in [2.05, 4.69) is 9.71 Å². The zero-order valence-electron chi connectivity index (χ0n) is 21.3. The van der Waals surface area contributed by atoms with Gasteiger partial charge in [0, 0.05) is 44.2 Å². The van der Waals surface area contributed by atoms with Crippen LogP contribution in [0, 0.1) is 0 Å². The first-order chi connectivity index (χ1) is 18.1. The zero-order valence-corrected chi connectivity index (χ0v) is 22.1. The van der Waals surface area contributed by atoms with E-state index in [4.69, 9.17) is 9.84 Å². The first-order valence-electron chi connectivity index (χ1n) is 11.8. The van der Waals surface area contributed by atoms with Gasteiger partial charge in [-0.05, 0) is 42.8 Å². The predicted octanol–water partition coefficient (Wildman–Crippen LogP) is 2.12. The van der Waals surface area contributed by atoms with Crippen molar-refractivity contribution in [2.45, 2.75) is 30.7 Å². The SMILES string of the molecule is CCN(C(=O)c1ccc(S(=O)(=O)NC(C=O)CC(=O)O)c(OCCc2cccc3ncccc23)c1)N(C)C. The molecular weight excluding hydrogens is 512 g/mol. The van der Waals surface area contributed by atoms with Gasteiger partial charge in [-0.1, -0.05) is 18.2 Å². The van der Waals surface area contributed by atoms with Crippen molar-refractivity contribution in [1.29, 1.82) is 0 Å². The molecule has 11 nitrogen and oxygen atoms in total. The van der Waals surface area contributed by atoms with Gasteiger partial charge in [-0.3, -0.25) is 19.6 Å². The summed E-state index contributed by atoms with van der Waals surface area (Å²) < 4.78 is 34.3. The summed E-state index contributed by atoms with van der Waals surface area (Å²) in [5.41, 5.74) is 1.95. The van der Waals surface area contributed by atoms with Crippen LogP contribution in [0.4, 0.5) is 0 Å². The first kappa shape index (κ1) is 28.7. The molecule has 0 fully saturated rings. The first-order valence-corrected chi connectivity index (χ1v) is 13.3. The van der Waals surface area contributed by atoms with E-state index in [1.807, 2.05) is 30.3 Å². The van der Waals surface area contributed by atoms with Crippen molar-refractivity contribution >= 4 is 39.1 Å². The molecule has 1 unspecified atom stereocenters. The largest absolute Gasteiger partial charge is 0.492 e. The maximum absolute atomic E-state index is 13.1. The van der Waals surface area contributed by atoms with Crippen molar-refractivity contribution in [1.82, 2.24) is 19.7 Å². The Morgan fingerprint density at radius 2 is 1.92 bits per heavy atom. The smallest absolute Gasteiger partial charge is 0.305 e. The van der Waals surface area contributed by atoms with Crippen molar-refractivity contribution in [2.75, 3.05) is 27.2 Å². The number of fused-ring (bicyclic) bond motifs is 1. The molecule has 2 N–H and O–H groups in total. The van der Waals surface area contributed by atoms with Crippen LogP contribution < -0.4 is 9.46 Å². The second-order valence-corrected chi connectivity index (χ2v) is 10.3. The number of rotatable bonds is 13. The number of benzene rings is 2. The van der Waals surface area contributed by atoms with Crippen molar-refractivity contribution in [3.05, 3.63) is 65.9 Å². The Labute approximate surface area is 221 Å². The third-order valence-electron chi connectivity index (χ3n) is 5.73. The molecule has 2 aromatic carbocycles. The molecule has 0 aliphatic heterocycles. The zero-order chi connectivity index (χ0) is 27.9. The molecule has 12 heteroatoms. The fraction of sp³-hybridized carbons (Fsp3) is 0.308. The Morgan fingerprint density at radius 3 is 2.58 bits per heavy atom. The van der Waals surface area contributed by atoms with Gasteiger partial charge in [-0.2, -0.15) is 0 Å². The van der Waals surface area contributed by atoms with Crippen LogP contribution in [0.3, 0.4) is 0 Å². The predicted molar refractivity (Wildman–Crippen MR) is 140 cm³/mol. The van der Waals surface area contributed by atoms with E-state index < -0.39 is 28.5 Å². The van der Waals surface area contributed by atoms with Crippen LogP contribution in [0.5, 0.6) is 5.75 Å². The van der Waals surface area contributed by atoms with Crippen LogP contribution in [-0.2, 0) is 26.0 Å². The van der Waals surface area contributed by atoms with Gasteiger partial charge in [-0.25, -0.2) is 18.1 Å². The molecule has 0 radical (unpaired) electrons. The van der Waals surface area contributed by atoms with Gasteiger partial charge in [0.15, 0.2) is 0 Å². The normalized spacial score (nSPS) is 12.3. The fourth-order valence-electron chi connectivity index (χ4n) is 3.96. The second-order valence-electron chi connectivity index (χ2n) is 8.58. The van der Waals surface area contributed by atoms with Crippen LogP contribution in [0.15, 0.2) is 59.6 Å². The van der Waals surface area contributed by atoms with Crippen molar-refractivity contribution in [3.63, 3.8) is 0 Å². The number of hydrazine groups is 1. The van der Waals surface area contributed by atoms with E-state index in [0.29, 0.717) is 13.0 Å². The summed E-state index contributed by atoms with van der Waals surface area (Å²) >= 11 is 0. The maximum atomic E-state index is 13.1. The molecule has 3 rings (SSSR count). The average Bonchev–Trinajstić information content (AvgIpc) is 2.88. The number of carboxylic acid groups (broad SMARTS) is 1. The van der Waals surface area contributed by atoms with E-state index in [-0.39, 0.29) is 35.0 Å². The summed E-state index contributed by atoms with van der Waals surface area (Å²) in [7, 11) is -0.955. The minimum absolute atomic E-state index is 0.0750. The summed E-state index contributed by atoms with van der Waals surface area (Å²) in [6.45, 7) is 2.26. The quantitative estimate of drug-likeness (QED) is 0.245. The Bertz CT molecular complexity index is 1420. The number of carbonyl (C=O) groups excluding carboxylic acids is 2. The van der Waals surface area contributed by atoms with Crippen LogP contribution >= 0.6 is 0 Å². The minimum atomic E-state index is -4.38. The number of aliphatic carboxylic acids is 1. The number of carbonyl (C=O) groups is 3. The number of pyridine rings is 1. The summed E-state index contributed by atoms with van der Waals surface area (Å²) in [5, 5.41) is 13.0. The Kier molecular flexibility index (Phi) is 9.50. The van der Waals surface area contributed by atoms with Gasteiger partial charge in [0.25, 0.3) is 5.91 Å². The highest BCUT2D eigenvalue weighted by Crippen LogP contribution is 2.27. The number of sulfonamides is 1. The van der Waals surface area contributed by atoms with Crippen molar-refractivity contribution in [3.8, 4) is 5.75 Å². The van der Waals surface area contributed by atoms with Gasteiger partial charge < -0.3 is 14.6 Å². The standard InChI is InChI=1S/C26H30N4O7S/c1-4-30(29(2)3)26(34)19-10-11-24(38(35,36)28-20(17-31)16-25(32)33)23(15-19)37-14-12-18-7-5-9-22-21(18)8-6-13-27-22/h5-11,13,15,17,20,28H,4,12,14,16H2,1-3H3,(H,32,33). The highest BCUT2D eigenvalue weighted by Gasteiger charge is 2.27. The number of ether oxygens (including phenoxy) is 1. The van der Waals surface area contributed by atoms with E-state index in [1.165, 1.54) is 23.2 Å². The molecular formula is C26H30N4O7S. The number of hydrogen-bond donors (Lipinski definition) is 2. The fourth-order valence-corrected chi connectivity index (χ4v) is 5.25. The number of aromatic nitrogens is 1. The molecule has 38 heavy (non-hydrogen) atoms. The Balaban J connectivity index is 1.95. The summed E-state index contributed by atoms with van der Waals surface area (Å²) in [6.07, 6.45) is 1.61. The molecule has 1 atom stereocenters. The van der Waals surface area contributed by atoms with E-state index in [1.54, 1.807) is 32.2 Å². The van der Waals surface area contributed by atoms with E-state index in [9.17, 15) is 22.8 Å². The van der Waals surface area contributed by atoms with Gasteiger partial charge in [0.1, 0.15) is 16.9 Å². The topological polar surface area (TPSA) is 146 Å². The summed E-state index contributed by atoms with van der Waals surface area (Å²) in [4.78, 5) is 39.4. The van der Waals surface area contributed by atoms with Crippen LogP contribution in [0.1, 0.15) is 29.3 Å². The third kappa shape index (κ3) is 6.91. The molecule has 202 valence electrons. The number of aldehydes is 1. The van der Waals surface area contributed by atoms with Gasteiger partial charge in [-0.15, -0.1) is 0 Å². The van der Waals surface area contributed by atoms with Crippen LogP contribution in [-0.4, -0.2) is 80.0 Å². The number of nitrogens with zero attached hydrogens (tertiary/aromatic N) is 3. The molecule has 0 saturated heterocycles. The van der Waals surface area contributed by atoms with Gasteiger partial charge >= 0.3 is 5.97 Å². The number of amides is 1. The molecule has 3 aromatic rings. The third-order valence-corrected chi connectivity index (χ3v) is 7.26. The number of carboxylic acids is 1. The number of nitrogens with one attached hydrogen (secondary N) is 1. The number of hydrogen-bond acceptors (Lipinski definition) is 8. The summed E-state index contributed by atoms with van der Waals surface area (Å²) in [5.74, 6) is -1.80. The molecule has 1 aromatic heterocycles. The molecule has 0 aliphatic carbocycles. The average molecular weight is 543 g/mol. The second kappa shape index (κ2) is 12.6. The summed E-state index contributed by atoms with van der Waals surface area (Å²) in [6, 6.07) is 11.8. The molecule has 0 aliphatic rings. The highest BCUT2D eigenvalue weighted by molar-refractivity contribution is 7.89. The molecule has 1 heterocycles. The van der Waals surface area contributed by atoms with Crippen molar-refractivity contribution in [2.24, 2.45) is 0 Å². The van der Waals surface area contributed by atoms with Gasteiger partial charge in [0.05, 0.1) is 24.6 Å². The lowest BCUT2D eigenvalue weighted by Crippen LogP contribution is -2.41. The Morgan fingerprint density at radius 1 is 1.16 bits per heavy atom. The van der Waals surface area contributed by atoms with Crippen molar-refractivity contribution < 1.29 is 32.6 Å². The van der Waals surface area contributed by atoms with Crippen LogP contribution in [0.2, 0.25) is 0 Å². The van der Waals surface area contributed by atoms with E-state index in [0.717, 1.165) is 16.5 Å². The molecule has 0 saturated carbocycles. The maximum Gasteiger partial charge on any atom is 0.305 e. The minimum Gasteiger partial charge on any atom is -0.492 e. The lowest BCUT2D eigenvalue weighted by atomic mass is 10.1. The Hall–Kier alpha value is -3.87. The van der Waals surface area contributed by atoms with Gasteiger partial charge in [0.2, 0.25) is 10.0 Å². The molecule has 0 spiro atoms. The molecule has 0 bridgehead atoms. The van der Waals surface area contributed by atoms with E-state index >= 15 is 0 Å². The monoisotopic (exact) mass is 542 g/mol.